The molecule has 0 aliphatic rings. The molecule has 0 aliphatic heterocycles. The van der Waals surface area contributed by atoms with Gasteiger partial charge in [-0.15, -0.1) is 0 Å². The molecule has 0 amide bonds. The zero-order chi connectivity index (χ0) is 14.5. The van der Waals surface area contributed by atoms with E-state index >= 15 is 0 Å². The Kier molecular flexibility index (Phi) is 4.63. The Hall–Kier alpha value is -2.01. The zero-order valence-electron chi connectivity index (χ0n) is 11.4. The quantitative estimate of drug-likeness (QED) is 0.828. The minimum absolute atomic E-state index is 0.0676. The van der Waals surface area contributed by atoms with Crippen LogP contribution in [0.4, 0.5) is 11.5 Å². The molecule has 0 aliphatic carbocycles. The van der Waals surface area contributed by atoms with Crippen LogP contribution in [0.25, 0.3) is 0 Å². The highest BCUT2D eigenvalue weighted by molar-refractivity contribution is 6.29. The largest absolute Gasteiger partial charge is 0.475 e. The maximum Gasteiger partial charge on any atom is 0.218 e. The number of nitrogens with one attached hydrogen (secondary N) is 1. The van der Waals surface area contributed by atoms with Crippen molar-refractivity contribution in [2.75, 3.05) is 11.1 Å². The van der Waals surface area contributed by atoms with Crippen LogP contribution in [0.2, 0.25) is 5.15 Å². The molecule has 0 saturated carbocycles. The number of hydrogen-bond acceptors (Lipinski definition) is 5. The van der Waals surface area contributed by atoms with Crippen molar-refractivity contribution in [1.82, 2.24) is 9.97 Å². The van der Waals surface area contributed by atoms with Crippen LogP contribution < -0.4 is 15.8 Å². The maximum atomic E-state index is 5.85. The van der Waals surface area contributed by atoms with Crippen molar-refractivity contribution in [2.24, 2.45) is 0 Å². The van der Waals surface area contributed by atoms with Gasteiger partial charge in [0.25, 0.3) is 0 Å². The van der Waals surface area contributed by atoms with E-state index in [4.69, 9.17) is 22.1 Å². The molecule has 0 unspecified atom stereocenters. The predicted molar refractivity (Wildman–Crippen MR) is 81.0 cm³/mol. The average molecular weight is 293 g/mol. The van der Waals surface area contributed by atoms with Gasteiger partial charge in [0.05, 0.1) is 11.8 Å². The third-order valence-electron chi connectivity index (χ3n) is 2.54. The molecule has 0 bridgehead atoms. The van der Waals surface area contributed by atoms with Gasteiger partial charge in [0.2, 0.25) is 5.88 Å². The fourth-order valence-electron chi connectivity index (χ4n) is 1.65. The first-order valence-corrected chi connectivity index (χ1v) is 6.70. The molecule has 2 rings (SSSR count). The molecule has 0 radical (unpaired) electrons. The van der Waals surface area contributed by atoms with E-state index in [1.54, 1.807) is 18.3 Å². The van der Waals surface area contributed by atoms with Gasteiger partial charge in [0.15, 0.2) is 5.82 Å². The fourth-order valence-corrected chi connectivity index (χ4v) is 1.80. The minimum Gasteiger partial charge on any atom is -0.475 e. The summed E-state index contributed by atoms with van der Waals surface area (Å²) in [6.45, 7) is 4.43. The van der Waals surface area contributed by atoms with Gasteiger partial charge in [-0.05, 0) is 32.0 Å². The molecule has 2 aromatic rings. The SMILES string of the molecule is CC(C)Oc1ncccc1CNc1nc(Cl)ccc1N. The monoisotopic (exact) mass is 292 g/mol. The summed E-state index contributed by atoms with van der Waals surface area (Å²) in [6, 6.07) is 7.17. The van der Waals surface area contributed by atoms with Gasteiger partial charge in [-0.3, -0.25) is 0 Å². The van der Waals surface area contributed by atoms with Crippen LogP contribution in [-0.2, 0) is 6.54 Å². The van der Waals surface area contributed by atoms with Gasteiger partial charge in [-0.1, -0.05) is 17.7 Å². The van der Waals surface area contributed by atoms with Gasteiger partial charge in [-0.2, -0.15) is 0 Å². The summed E-state index contributed by atoms with van der Waals surface area (Å²) < 4.78 is 5.66. The van der Waals surface area contributed by atoms with Crippen molar-refractivity contribution >= 4 is 23.1 Å². The van der Waals surface area contributed by atoms with E-state index in [0.29, 0.717) is 29.1 Å². The van der Waals surface area contributed by atoms with E-state index in [9.17, 15) is 0 Å². The fraction of sp³-hybridized carbons (Fsp3) is 0.286. The second-order valence-corrected chi connectivity index (χ2v) is 4.95. The van der Waals surface area contributed by atoms with Crippen LogP contribution in [0.15, 0.2) is 30.5 Å². The zero-order valence-corrected chi connectivity index (χ0v) is 12.2. The molecule has 0 atom stereocenters. The number of ether oxygens (including phenoxy) is 1. The average Bonchev–Trinajstić information content (AvgIpc) is 2.41. The van der Waals surface area contributed by atoms with E-state index in [-0.39, 0.29) is 6.10 Å². The molecular formula is C14H17ClN4O. The van der Waals surface area contributed by atoms with Crippen molar-refractivity contribution in [3.63, 3.8) is 0 Å². The first kappa shape index (κ1) is 14.4. The molecule has 5 nitrogen and oxygen atoms in total. The van der Waals surface area contributed by atoms with Gasteiger partial charge in [-0.25, -0.2) is 9.97 Å². The lowest BCUT2D eigenvalue weighted by molar-refractivity contribution is 0.230. The molecule has 106 valence electrons. The highest BCUT2D eigenvalue weighted by Gasteiger charge is 2.08. The van der Waals surface area contributed by atoms with Crippen LogP contribution in [0.5, 0.6) is 5.88 Å². The van der Waals surface area contributed by atoms with E-state index < -0.39 is 0 Å². The highest BCUT2D eigenvalue weighted by Crippen LogP contribution is 2.21. The number of aromatic nitrogens is 2. The maximum absolute atomic E-state index is 5.85. The van der Waals surface area contributed by atoms with E-state index in [0.717, 1.165) is 5.56 Å². The number of halogens is 1. The van der Waals surface area contributed by atoms with Crippen LogP contribution in [0, 0.1) is 0 Å². The van der Waals surface area contributed by atoms with Crippen molar-refractivity contribution < 1.29 is 4.74 Å². The van der Waals surface area contributed by atoms with Crippen molar-refractivity contribution in [3.8, 4) is 5.88 Å². The lowest BCUT2D eigenvalue weighted by atomic mass is 10.2. The summed E-state index contributed by atoms with van der Waals surface area (Å²) in [6.07, 6.45) is 1.77. The number of hydrogen-bond donors (Lipinski definition) is 2. The minimum atomic E-state index is 0.0676. The van der Waals surface area contributed by atoms with Crippen LogP contribution in [-0.4, -0.2) is 16.1 Å². The normalized spacial score (nSPS) is 10.6. The summed E-state index contributed by atoms with van der Waals surface area (Å²) in [5.41, 5.74) is 7.32. The van der Waals surface area contributed by atoms with Gasteiger partial charge in [0, 0.05) is 18.3 Å². The Morgan fingerprint density at radius 3 is 2.90 bits per heavy atom. The van der Waals surface area contributed by atoms with Gasteiger partial charge in [0.1, 0.15) is 5.15 Å². The van der Waals surface area contributed by atoms with Crippen LogP contribution >= 0.6 is 11.6 Å². The summed E-state index contributed by atoms with van der Waals surface area (Å²) >= 11 is 5.85. The van der Waals surface area contributed by atoms with Crippen molar-refractivity contribution in [1.29, 1.82) is 0 Å². The van der Waals surface area contributed by atoms with Crippen LogP contribution in [0.1, 0.15) is 19.4 Å². The Balaban J connectivity index is 2.12. The number of nitrogens with two attached hydrogens (primary N) is 1. The van der Waals surface area contributed by atoms with Crippen LogP contribution in [0.3, 0.4) is 0 Å². The highest BCUT2D eigenvalue weighted by atomic mass is 35.5. The van der Waals surface area contributed by atoms with E-state index in [1.807, 2.05) is 26.0 Å². The lowest BCUT2D eigenvalue weighted by Crippen LogP contribution is -2.11. The number of rotatable bonds is 5. The third kappa shape index (κ3) is 3.74. The first-order valence-electron chi connectivity index (χ1n) is 6.32. The smallest absolute Gasteiger partial charge is 0.218 e. The molecule has 0 saturated heterocycles. The Morgan fingerprint density at radius 1 is 1.35 bits per heavy atom. The molecule has 0 fully saturated rings. The van der Waals surface area contributed by atoms with Crippen molar-refractivity contribution in [3.05, 3.63) is 41.2 Å². The molecular weight excluding hydrogens is 276 g/mol. The lowest BCUT2D eigenvalue weighted by Gasteiger charge is -2.14. The predicted octanol–water partition coefficient (Wildman–Crippen LogP) is 3.11. The summed E-state index contributed by atoms with van der Waals surface area (Å²) in [7, 11) is 0. The molecule has 3 N–H and O–H groups in total. The summed E-state index contributed by atoms with van der Waals surface area (Å²) in [4.78, 5) is 8.38. The summed E-state index contributed by atoms with van der Waals surface area (Å²) in [5, 5.41) is 3.54. The number of nitrogens with zero attached hydrogens (tertiary/aromatic N) is 2. The number of anilines is 2. The van der Waals surface area contributed by atoms with E-state index in [1.165, 1.54) is 0 Å². The van der Waals surface area contributed by atoms with E-state index in [2.05, 4.69) is 15.3 Å². The second-order valence-electron chi connectivity index (χ2n) is 4.56. The van der Waals surface area contributed by atoms with Gasteiger partial charge >= 0.3 is 0 Å². The van der Waals surface area contributed by atoms with Crippen molar-refractivity contribution in [2.45, 2.75) is 26.5 Å². The number of nitrogen functional groups attached to an aromatic ring is 1. The Labute approximate surface area is 123 Å². The molecule has 2 aromatic heterocycles. The molecule has 6 heteroatoms. The third-order valence-corrected chi connectivity index (χ3v) is 2.75. The standard InChI is InChI=1S/C14H17ClN4O/c1-9(2)20-14-10(4-3-7-17-14)8-18-13-11(16)5-6-12(15)19-13/h3-7,9H,8,16H2,1-2H3,(H,18,19). The topological polar surface area (TPSA) is 73.1 Å². The molecule has 20 heavy (non-hydrogen) atoms. The molecule has 0 aromatic carbocycles. The molecule has 0 spiro atoms. The number of pyridine rings is 2. The summed E-state index contributed by atoms with van der Waals surface area (Å²) in [5.74, 6) is 1.16. The van der Waals surface area contributed by atoms with Gasteiger partial charge < -0.3 is 15.8 Å². The molecule has 2 heterocycles. The Morgan fingerprint density at radius 2 is 2.15 bits per heavy atom. The first-order chi connectivity index (χ1) is 9.56. The Bertz CT molecular complexity index is 589. The second kappa shape index (κ2) is 6.43.